The molecule has 0 unspecified atom stereocenters. The number of aryl methyl sites for hydroxylation is 1. The Morgan fingerprint density at radius 1 is 1.25 bits per heavy atom. The fourth-order valence-electron chi connectivity index (χ4n) is 3.16. The smallest absolute Gasteiger partial charge is 0.163 e. The van der Waals surface area contributed by atoms with Gasteiger partial charge < -0.3 is 10.2 Å². The van der Waals surface area contributed by atoms with E-state index in [9.17, 15) is 0 Å². The van der Waals surface area contributed by atoms with Crippen LogP contribution in [0.4, 0.5) is 5.82 Å². The quantitative estimate of drug-likeness (QED) is 0.915. The van der Waals surface area contributed by atoms with Gasteiger partial charge in [-0.25, -0.2) is 9.97 Å². The van der Waals surface area contributed by atoms with Crippen LogP contribution in [-0.4, -0.2) is 45.9 Å². The third-order valence-corrected chi connectivity index (χ3v) is 4.50. The molecule has 108 valence electrons. The van der Waals surface area contributed by atoms with Crippen molar-refractivity contribution in [2.24, 2.45) is 7.05 Å². The monoisotopic (exact) mass is 274 g/mol. The molecule has 1 saturated carbocycles. The maximum Gasteiger partial charge on any atom is 0.163 e. The van der Waals surface area contributed by atoms with Gasteiger partial charge in [-0.15, -0.1) is 0 Å². The lowest BCUT2D eigenvalue weighted by Gasteiger charge is -2.35. The van der Waals surface area contributed by atoms with E-state index < -0.39 is 0 Å². The minimum absolute atomic E-state index is 0.554. The van der Waals surface area contributed by atoms with Crippen LogP contribution in [0, 0.1) is 0 Å². The zero-order chi connectivity index (χ0) is 14.1. The SMILES string of the molecule is CNC1CCC(N(C)c2ncnc3c2cnn3C)CC1. The van der Waals surface area contributed by atoms with Gasteiger partial charge in [-0.3, -0.25) is 4.68 Å². The number of aromatic nitrogens is 4. The Morgan fingerprint density at radius 3 is 2.70 bits per heavy atom. The van der Waals surface area contributed by atoms with E-state index in [1.54, 1.807) is 11.0 Å². The molecule has 6 nitrogen and oxygen atoms in total. The lowest BCUT2D eigenvalue weighted by Crippen LogP contribution is -2.40. The van der Waals surface area contributed by atoms with Crippen molar-refractivity contribution in [1.29, 1.82) is 0 Å². The minimum atomic E-state index is 0.554. The summed E-state index contributed by atoms with van der Waals surface area (Å²) in [4.78, 5) is 11.1. The van der Waals surface area contributed by atoms with Gasteiger partial charge in [0.1, 0.15) is 12.1 Å². The lowest BCUT2D eigenvalue weighted by atomic mass is 9.90. The van der Waals surface area contributed by atoms with Gasteiger partial charge in [-0.05, 0) is 32.7 Å². The Hall–Kier alpha value is -1.69. The van der Waals surface area contributed by atoms with Gasteiger partial charge in [-0.1, -0.05) is 0 Å². The van der Waals surface area contributed by atoms with Crippen LogP contribution in [0.3, 0.4) is 0 Å². The molecule has 1 aliphatic carbocycles. The molecule has 0 aliphatic heterocycles. The summed E-state index contributed by atoms with van der Waals surface area (Å²) >= 11 is 0. The van der Waals surface area contributed by atoms with Crippen LogP contribution >= 0.6 is 0 Å². The number of anilines is 1. The van der Waals surface area contributed by atoms with Gasteiger partial charge in [0.15, 0.2) is 5.65 Å². The van der Waals surface area contributed by atoms with Crippen LogP contribution in [0.5, 0.6) is 0 Å². The molecule has 0 aromatic carbocycles. The molecule has 2 heterocycles. The Kier molecular flexibility index (Phi) is 3.56. The van der Waals surface area contributed by atoms with Crippen molar-refractivity contribution in [3.8, 4) is 0 Å². The summed E-state index contributed by atoms with van der Waals surface area (Å²) in [5, 5.41) is 8.70. The Labute approximate surface area is 119 Å². The van der Waals surface area contributed by atoms with Crippen molar-refractivity contribution in [1.82, 2.24) is 25.1 Å². The average molecular weight is 274 g/mol. The van der Waals surface area contributed by atoms with Crippen molar-refractivity contribution < 1.29 is 0 Å². The molecular formula is C14H22N6. The van der Waals surface area contributed by atoms with Crippen LogP contribution in [-0.2, 0) is 7.05 Å². The van der Waals surface area contributed by atoms with Gasteiger partial charge >= 0.3 is 0 Å². The van der Waals surface area contributed by atoms with Crippen molar-refractivity contribution in [2.75, 3.05) is 19.0 Å². The molecule has 0 amide bonds. The summed E-state index contributed by atoms with van der Waals surface area (Å²) in [6, 6.07) is 1.22. The second-order valence-electron chi connectivity index (χ2n) is 5.61. The molecule has 0 bridgehead atoms. The first-order chi connectivity index (χ1) is 9.70. The van der Waals surface area contributed by atoms with Crippen molar-refractivity contribution in [2.45, 2.75) is 37.8 Å². The predicted molar refractivity (Wildman–Crippen MR) is 79.8 cm³/mol. The summed E-state index contributed by atoms with van der Waals surface area (Å²) < 4.78 is 1.80. The highest BCUT2D eigenvalue weighted by atomic mass is 15.3. The van der Waals surface area contributed by atoms with Gasteiger partial charge in [0.25, 0.3) is 0 Å². The highest BCUT2D eigenvalue weighted by Gasteiger charge is 2.25. The Bertz CT molecular complexity index is 584. The van der Waals surface area contributed by atoms with Crippen molar-refractivity contribution >= 4 is 16.9 Å². The van der Waals surface area contributed by atoms with E-state index in [0.29, 0.717) is 12.1 Å². The molecule has 6 heteroatoms. The lowest BCUT2D eigenvalue weighted by molar-refractivity contribution is 0.351. The Balaban J connectivity index is 1.84. The number of nitrogens with zero attached hydrogens (tertiary/aromatic N) is 5. The first-order valence-electron chi connectivity index (χ1n) is 7.23. The van der Waals surface area contributed by atoms with E-state index in [1.807, 2.05) is 13.2 Å². The van der Waals surface area contributed by atoms with Gasteiger partial charge in [0, 0.05) is 26.2 Å². The van der Waals surface area contributed by atoms with Crippen molar-refractivity contribution in [3.05, 3.63) is 12.5 Å². The summed E-state index contributed by atoms with van der Waals surface area (Å²) in [6.45, 7) is 0. The predicted octanol–water partition coefficient (Wildman–Crippen LogP) is 1.33. The second kappa shape index (κ2) is 5.36. The normalized spacial score (nSPS) is 23.1. The summed E-state index contributed by atoms with van der Waals surface area (Å²) in [5.74, 6) is 0.996. The molecule has 0 radical (unpaired) electrons. The number of nitrogens with one attached hydrogen (secondary N) is 1. The van der Waals surface area contributed by atoms with Gasteiger partial charge in [-0.2, -0.15) is 5.10 Å². The van der Waals surface area contributed by atoms with E-state index >= 15 is 0 Å². The highest BCUT2D eigenvalue weighted by Crippen LogP contribution is 2.28. The molecule has 2 aromatic heterocycles. The number of rotatable bonds is 3. The summed E-state index contributed by atoms with van der Waals surface area (Å²) in [5.41, 5.74) is 0.894. The number of hydrogen-bond acceptors (Lipinski definition) is 5. The highest BCUT2D eigenvalue weighted by molar-refractivity contribution is 5.86. The molecule has 1 aliphatic rings. The molecule has 1 fully saturated rings. The third kappa shape index (κ3) is 2.24. The van der Waals surface area contributed by atoms with E-state index in [0.717, 1.165) is 16.9 Å². The molecule has 1 N–H and O–H groups in total. The number of hydrogen-bond donors (Lipinski definition) is 1. The van der Waals surface area contributed by atoms with Crippen LogP contribution in [0.1, 0.15) is 25.7 Å². The van der Waals surface area contributed by atoms with Crippen LogP contribution in [0.25, 0.3) is 11.0 Å². The second-order valence-corrected chi connectivity index (χ2v) is 5.61. The average Bonchev–Trinajstić information content (AvgIpc) is 2.88. The maximum atomic E-state index is 4.48. The molecule has 0 atom stereocenters. The topological polar surface area (TPSA) is 58.9 Å². The summed E-state index contributed by atoms with van der Waals surface area (Å²) in [7, 11) is 6.11. The summed E-state index contributed by atoms with van der Waals surface area (Å²) in [6.07, 6.45) is 8.36. The number of fused-ring (bicyclic) bond motifs is 1. The molecular weight excluding hydrogens is 252 g/mol. The van der Waals surface area contributed by atoms with Crippen LogP contribution in [0.15, 0.2) is 12.5 Å². The van der Waals surface area contributed by atoms with E-state index in [1.165, 1.54) is 25.7 Å². The van der Waals surface area contributed by atoms with E-state index in [4.69, 9.17) is 0 Å². The van der Waals surface area contributed by atoms with E-state index in [-0.39, 0.29) is 0 Å². The van der Waals surface area contributed by atoms with Crippen molar-refractivity contribution in [3.63, 3.8) is 0 Å². The van der Waals surface area contributed by atoms with Gasteiger partial charge in [0.05, 0.1) is 11.6 Å². The van der Waals surface area contributed by atoms with Crippen LogP contribution in [0.2, 0.25) is 0 Å². The first kappa shape index (κ1) is 13.3. The fourth-order valence-corrected chi connectivity index (χ4v) is 3.16. The largest absolute Gasteiger partial charge is 0.356 e. The maximum absolute atomic E-state index is 4.48. The zero-order valence-corrected chi connectivity index (χ0v) is 12.4. The molecule has 20 heavy (non-hydrogen) atoms. The molecule has 3 rings (SSSR count). The minimum Gasteiger partial charge on any atom is -0.356 e. The molecule has 0 saturated heterocycles. The molecule has 2 aromatic rings. The standard InChI is InChI=1S/C14H22N6/c1-15-10-4-6-11(7-5-10)19(2)13-12-8-18-20(3)14(12)17-9-16-13/h8-11,15H,4-7H2,1-3H3. The van der Waals surface area contributed by atoms with Gasteiger partial charge in [0.2, 0.25) is 0 Å². The fraction of sp³-hybridized carbons (Fsp3) is 0.643. The van der Waals surface area contributed by atoms with Crippen LogP contribution < -0.4 is 10.2 Å². The Morgan fingerprint density at radius 2 is 2.00 bits per heavy atom. The third-order valence-electron chi connectivity index (χ3n) is 4.50. The first-order valence-corrected chi connectivity index (χ1v) is 7.23. The van der Waals surface area contributed by atoms with E-state index in [2.05, 4.69) is 39.4 Å². The zero-order valence-electron chi connectivity index (χ0n) is 12.4. The molecule has 0 spiro atoms.